The average Bonchev–Trinajstić information content (AvgIpc) is 3.96. The Kier molecular flexibility index (Phi) is 9.82. The van der Waals surface area contributed by atoms with Crippen LogP contribution in [-0.4, -0.2) is 70.6 Å². The number of hydrogen-bond donors (Lipinski definition) is 10. The van der Waals surface area contributed by atoms with Gasteiger partial charge in [0.2, 0.25) is 34.5 Å². The molecular weight excluding hydrogens is 933 g/mol. The number of aromatic hydroxyl groups is 10. The molecule has 12 rings (SSSR count). The topological polar surface area (TPSA) is 246 Å². The van der Waals surface area contributed by atoms with E-state index in [0.29, 0.717) is 43.2 Å². The number of benzene rings is 9. The first-order valence-corrected chi connectivity index (χ1v) is 23.1. The van der Waals surface area contributed by atoms with E-state index in [2.05, 4.69) is 6.07 Å². The van der Waals surface area contributed by atoms with Crippen LogP contribution in [0.3, 0.4) is 0 Å². The van der Waals surface area contributed by atoms with Gasteiger partial charge in [0.1, 0.15) is 0 Å². The molecule has 0 spiro atoms. The maximum atomic E-state index is 11.8. The van der Waals surface area contributed by atoms with Gasteiger partial charge in [-0.2, -0.15) is 0 Å². The minimum absolute atomic E-state index is 0.0303. The number of rotatable bonds is 7. The second-order valence-electron chi connectivity index (χ2n) is 17.1. The van der Waals surface area contributed by atoms with Crippen LogP contribution in [0.15, 0.2) is 158 Å². The summed E-state index contributed by atoms with van der Waals surface area (Å²) in [5, 5.41) is 114. The molecule has 15 heteroatoms. The van der Waals surface area contributed by atoms with Gasteiger partial charge >= 0.3 is 0 Å². The molecule has 0 fully saturated rings. The van der Waals surface area contributed by atoms with Gasteiger partial charge in [0.05, 0.1) is 22.2 Å². The predicted octanol–water partition coefficient (Wildman–Crippen LogP) is 12.4. The molecule has 0 aliphatic heterocycles. The van der Waals surface area contributed by atoms with Gasteiger partial charge in [-0.05, 0) is 59.2 Å². The Morgan fingerprint density at radius 1 is 0.333 bits per heavy atom. The fraction of sp³-hybridized carbons (Fsp3) is 0. The van der Waals surface area contributed by atoms with Gasteiger partial charge in [-0.1, -0.05) is 115 Å². The summed E-state index contributed by atoms with van der Waals surface area (Å²) in [5.41, 5.74) is 4.74. The summed E-state index contributed by atoms with van der Waals surface area (Å²) in [6.45, 7) is 0. The van der Waals surface area contributed by atoms with Crippen molar-refractivity contribution in [3.63, 3.8) is 0 Å². The Morgan fingerprint density at radius 3 is 1.39 bits per heavy atom. The maximum Gasteiger partial charge on any atom is 0.208 e. The van der Waals surface area contributed by atoms with Gasteiger partial charge in [0.25, 0.3) is 0 Å². The van der Waals surface area contributed by atoms with Crippen LogP contribution in [-0.2, 0) is 0 Å². The Hall–Kier alpha value is -9.99. The van der Waals surface area contributed by atoms with Crippen LogP contribution in [0.1, 0.15) is 0 Å². The summed E-state index contributed by atoms with van der Waals surface area (Å²) in [4.78, 5) is 14.8. The van der Waals surface area contributed by atoms with Crippen molar-refractivity contribution in [3.8, 4) is 131 Å². The first kappa shape index (κ1) is 43.3. The summed E-state index contributed by atoms with van der Waals surface area (Å²) in [6.07, 6.45) is 0. The van der Waals surface area contributed by atoms with Crippen LogP contribution in [0.5, 0.6) is 57.5 Å². The van der Waals surface area contributed by atoms with Crippen molar-refractivity contribution < 1.29 is 51.1 Å². The highest BCUT2D eigenvalue weighted by atomic mass is 32.1. The molecule has 9 aromatic carbocycles. The third kappa shape index (κ3) is 6.59. The number of para-hydroxylation sites is 1. The van der Waals surface area contributed by atoms with E-state index in [-0.39, 0.29) is 27.9 Å². The van der Waals surface area contributed by atoms with Crippen LogP contribution in [0, 0.1) is 0 Å². The Labute approximate surface area is 410 Å². The highest BCUT2D eigenvalue weighted by Gasteiger charge is 2.31. The monoisotopic (exact) mass is 968 g/mol. The summed E-state index contributed by atoms with van der Waals surface area (Å²) in [5.74, 6) is -9.98. The summed E-state index contributed by atoms with van der Waals surface area (Å²) >= 11 is 1.25. The van der Waals surface area contributed by atoms with E-state index in [0.717, 1.165) is 32.9 Å². The molecule has 0 saturated heterocycles. The van der Waals surface area contributed by atoms with Crippen molar-refractivity contribution in [2.24, 2.45) is 0 Å². The van der Waals surface area contributed by atoms with Crippen molar-refractivity contribution in [2.45, 2.75) is 0 Å². The van der Waals surface area contributed by atoms with E-state index < -0.39 is 68.6 Å². The summed E-state index contributed by atoms with van der Waals surface area (Å²) in [6, 6.07) is 48.9. The first-order chi connectivity index (χ1) is 34.9. The summed E-state index contributed by atoms with van der Waals surface area (Å²) < 4.78 is 2.98. The van der Waals surface area contributed by atoms with Crippen LogP contribution in [0.4, 0.5) is 0 Å². The molecule has 12 aromatic rings. The molecule has 3 heterocycles. The molecule has 0 saturated carbocycles. The molecule has 3 aromatic heterocycles. The zero-order valence-electron chi connectivity index (χ0n) is 37.2. The molecule has 0 atom stereocenters. The second-order valence-corrected chi connectivity index (χ2v) is 18.1. The molecule has 0 radical (unpaired) electrons. The second kappa shape index (κ2) is 16.3. The van der Waals surface area contributed by atoms with Crippen molar-refractivity contribution in [1.82, 2.24) is 19.5 Å². The lowest BCUT2D eigenvalue weighted by molar-refractivity contribution is 0.330. The van der Waals surface area contributed by atoms with Gasteiger partial charge in [-0.15, -0.1) is 11.3 Å². The molecule has 14 nitrogen and oxygen atoms in total. The Bertz CT molecular complexity index is 4100. The minimum Gasteiger partial charge on any atom is -0.504 e. The quantitative estimate of drug-likeness (QED) is 0.0528. The van der Waals surface area contributed by atoms with Crippen LogP contribution in [0.25, 0.3) is 115 Å². The van der Waals surface area contributed by atoms with Crippen molar-refractivity contribution in [1.29, 1.82) is 0 Å². The van der Waals surface area contributed by atoms with Crippen LogP contribution >= 0.6 is 11.3 Å². The van der Waals surface area contributed by atoms with Gasteiger partial charge < -0.3 is 55.6 Å². The molecule has 10 N–H and O–H groups in total. The first-order valence-electron chi connectivity index (χ1n) is 22.3. The highest BCUT2D eigenvalue weighted by Crippen LogP contribution is 2.59. The van der Waals surface area contributed by atoms with Crippen LogP contribution in [0.2, 0.25) is 0 Å². The standard InChI is InChI=1S/C57H36N4O10S/c62-44-41(45(63)49(67)52(70)48(44)66)31-23-36-42-35(43-46(64)50(68)53(71)51(69)47(43)65)25-32(61-38-19-11-10-18-33(38)34-22-30(20-21-39(34)61)27-12-4-1-5-13-27)26-40(42)72-54(36)37(24-31)57-59-55(28-14-6-2-7-15-28)58-56(60-57)29-16-8-3-9-17-29/h1-26,62-71H. The smallest absolute Gasteiger partial charge is 0.208 e. The number of aromatic nitrogens is 4. The number of nitrogens with zero attached hydrogens (tertiary/aromatic N) is 4. The zero-order chi connectivity index (χ0) is 49.7. The van der Waals surface area contributed by atoms with Gasteiger partial charge in [-0.25, -0.2) is 15.0 Å². The zero-order valence-corrected chi connectivity index (χ0v) is 38.0. The minimum atomic E-state index is -1.16. The van der Waals surface area contributed by atoms with E-state index in [4.69, 9.17) is 15.0 Å². The van der Waals surface area contributed by atoms with Crippen LogP contribution < -0.4 is 0 Å². The fourth-order valence-corrected chi connectivity index (χ4v) is 10.8. The largest absolute Gasteiger partial charge is 0.504 e. The predicted molar refractivity (Wildman–Crippen MR) is 276 cm³/mol. The molecule has 0 aliphatic rings. The van der Waals surface area contributed by atoms with Crippen molar-refractivity contribution in [3.05, 3.63) is 158 Å². The SMILES string of the molecule is Oc1c(O)c(O)c(-c2cc(-c3nc(-c4ccccc4)nc(-c4ccccc4)n3)c3sc4cc(-n5c6ccccc6c6cc(-c7ccccc7)ccc65)cc(-c5c(O)c(O)c(O)c(O)c5O)c4c3c2)c(O)c1O. The normalized spacial score (nSPS) is 11.6. The number of thiophene rings is 1. The molecule has 0 bridgehead atoms. The van der Waals surface area contributed by atoms with Gasteiger partial charge in [0, 0.05) is 58.9 Å². The maximum absolute atomic E-state index is 11.8. The van der Waals surface area contributed by atoms with Crippen molar-refractivity contribution in [2.75, 3.05) is 0 Å². The molecule has 0 unspecified atom stereocenters. The van der Waals surface area contributed by atoms with E-state index >= 15 is 0 Å². The fourth-order valence-electron chi connectivity index (χ4n) is 9.52. The highest BCUT2D eigenvalue weighted by molar-refractivity contribution is 7.26. The van der Waals surface area contributed by atoms with Gasteiger partial charge in [0.15, 0.2) is 40.5 Å². The third-order valence-electron chi connectivity index (χ3n) is 12.9. The van der Waals surface area contributed by atoms with Crippen molar-refractivity contribution >= 4 is 53.3 Å². The van der Waals surface area contributed by atoms with E-state index in [1.165, 1.54) is 23.5 Å². The lowest BCUT2D eigenvalue weighted by Gasteiger charge is -2.17. The number of phenols is 10. The lowest BCUT2D eigenvalue weighted by atomic mass is 9.92. The third-order valence-corrected chi connectivity index (χ3v) is 14.1. The van der Waals surface area contributed by atoms with E-state index in [1.807, 2.05) is 138 Å². The van der Waals surface area contributed by atoms with E-state index in [1.54, 1.807) is 6.07 Å². The molecule has 72 heavy (non-hydrogen) atoms. The molecule has 0 amide bonds. The number of fused-ring (bicyclic) bond motifs is 6. The average molecular weight is 969 g/mol. The number of hydrogen-bond acceptors (Lipinski definition) is 14. The molecule has 0 aliphatic carbocycles. The Morgan fingerprint density at radius 2 is 0.806 bits per heavy atom. The number of phenolic OH excluding ortho intramolecular Hbond substituents is 10. The summed E-state index contributed by atoms with van der Waals surface area (Å²) in [7, 11) is 0. The van der Waals surface area contributed by atoms with Gasteiger partial charge in [-0.3, -0.25) is 0 Å². The lowest BCUT2D eigenvalue weighted by Crippen LogP contribution is -2.00. The molecular formula is C57H36N4O10S. The Balaban J connectivity index is 1.24. The molecule has 350 valence electrons. The van der Waals surface area contributed by atoms with E-state index in [9.17, 15) is 51.1 Å².